The van der Waals surface area contributed by atoms with Gasteiger partial charge in [0.1, 0.15) is 0 Å². The highest BCUT2D eigenvalue weighted by Crippen LogP contribution is 2.15. The van der Waals surface area contributed by atoms with E-state index in [2.05, 4.69) is 4.18 Å². The molecule has 128 valence electrons. The van der Waals surface area contributed by atoms with Crippen molar-refractivity contribution in [3.05, 3.63) is 35.9 Å². The predicted octanol–water partition coefficient (Wildman–Crippen LogP) is 1.06. The zero-order valence-corrected chi connectivity index (χ0v) is 13.3. The Morgan fingerprint density at radius 1 is 1.17 bits per heavy atom. The van der Waals surface area contributed by atoms with Gasteiger partial charge in [-0.05, 0) is 25.0 Å². The fourth-order valence-corrected chi connectivity index (χ4v) is 2.47. The number of carbonyl (C=O) groups excluding carboxylic acids is 1. The van der Waals surface area contributed by atoms with E-state index >= 15 is 0 Å². The molecule has 0 aromatic heterocycles. The number of ether oxygens (including phenoxy) is 1. The second kappa shape index (κ2) is 8.37. The van der Waals surface area contributed by atoms with Gasteiger partial charge in [0.25, 0.3) is 0 Å². The first-order valence-electron chi connectivity index (χ1n) is 7.20. The van der Waals surface area contributed by atoms with Gasteiger partial charge in [0.2, 0.25) is 0 Å². The number of benzene rings is 1. The average Bonchev–Trinajstić information content (AvgIpc) is 2.53. The molecule has 23 heavy (non-hydrogen) atoms. The highest BCUT2D eigenvalue weighted by Gasteiger charge is 2.23. The number of nitrogens with zero attached hydrogens (tertiary/aromatic N) is 1. The van der Waals surface area contributed by atoms with E-state index in [0.717, 1.165) is 0 Å². The van der Waals surface area contributed by atoms with E-state index < -0.39 is 16.4 Å². The topological polar surface area (TPSA) is 102 Å². The molecular formula is C14H19NO7S. The molecule has 0 spiro atoms. The van der Waals surface area contributed by atoms with Gasteiger partial charge in [0, 0.05) is 13.1 Å². The highest BCUT2D eigenvalue weighted by molar-refractivity contribution is 7.80. The third-order valence-electron chi connectivity index (χ3n) is 3.29. The molecule has 0 saturated carbocycles. The monoisotopic (exact) mass is 345 g/mol. The zero-order valence-electron chi connectivity index (χ0n) is 12.5. The molecule has 0 aliphatic carbocycles. The van der Waals surface area contributed by atoms with Crippen molar-refractivity contribution in [2.24, 2.45) is 0 Å². The SMILES string of the molecule is O=C(ON1CCC(OCCOS(=O)(=O)O)CC1)c1ccccc1. The lowest BCUT2D eigenvalue weighted by Crippen LogP contribution is -2.38. The van der Waals surface area contributed by atoms with E-state index in [1.165, 1.54) is 0 Å². The molecule has 2 rings (SSSR count). The van der Waals surface area contributed by atoms with Crippen LogP contribution in [-0.4, -0.2) is 56.4 Å². The number of hydroxylamine groups is 2. The number of rotatable bonds is 7. The standard InChI is InChI=1S/C14H19NO7S/c16-14(12-4-2-1-3-5-12)22-15-8-6-13(7-9-15)20-10-11-21-23(17,18)19/h1-5,13H,6-11H2,(H,17,18,19). The van der Waals surface area contributed by atoms with Gasteiger partial charge in [-0.2, -0.15) is 8.42 Å². The Morgan fingerprint density at radius 2 is 1.83 bits per heavy atom. The minimum Gasteiger partial charge on any atom is -0.376 e. The molecule has 1 heterocycles. The van der Waals surface area contributed by atoms with Crippen molar-refractivity contribution < 1.29 is 31.5 Å². The molecule has 0 radical (unpaired) electrons. The first-order valence-corrected chi connectivity index (χ1v) is 8.56. The third-order valence-corrected chi connectivity index (χ3v) is 3.76. The Hall–Kier alpha value is -1.52. The molecule has 1 saturated heterocycles. The molecule has 0 bridgehead atoms. The normalized spacial score (nSPS) is 17.1. The summed E-state index contributed by atoms with van der Waals surface area (Å²) in [4.78, 5) is 17.2. The lowest BCUT2D eigenvalue weighted by molar-refractivity contribution is -0.140. The van der Waals surface area contributed by atoms with Crippen LogP contribution < -0.4 is 0 Å². The number of hydrogen-bond donors (Lipinski definition) is 1. The maximum Gasteiger partial charge on any atom is 0.397 e. The van der Waals surface area contributed by atoms with Crippen molar-refractivity contribution in [2.75, 3.05) is 26.3 Å². The minimum atomic E-state index is -4.42. The van der Waals surface area contributed by atoms with Gasteiger partial charge in [-0.25, -0.2) is 8.98 Å². The van der Waals surface area contributed by atoms with Crippen molar-refractivity contribution in [1.82, 2.24) is 5.06 Å². The molecule has 0 atom stereocenters. The molecular weight excluding hydrogens is 326 g/mol. The fourth-order valence-electron chi connectivity index (χ4n) is 2.19. The van der Waals surface area contributed by atoms with E-state index in [0.29, 0.717) is 31.5 Å². The van der Waals surface area contributed by atoms with Crippen molar-refractivity contribution >= 4 is 16.4 Å². The van der Waals surface area contributed by atoms with Crippen molar-refractivity contribution in [3.63, 3.8) is 0 Å². The summed E-state index contributed by atoms with van der Waals surface area (Å²) in [5, 5.41) is 1.59. The second-order valence-corrected chi connectivity index (χ2v) is 6.08. The first-order chi connectivity index (χ1) is 10.9. The summed E-state index contributed by atoms with van der Waals surface area (Å²) in [5.74, 6) is -0.397. The average molecular weight is 345 g/mol. The van der Waals surface area contributed by atoms with Crippen molar-refractivity contribution in [3.8, 4) is 0 Å². The quantitative estimate of drug-likeness (QED) is 0.578. The first kappa shape index (κ1) is 17.8. The van der Waals surface area contributed by atoms with Crippen LogP contribution in [0.1, 0.15) is 23.2 Å². The van der Waals surface area contributed by atoms with Gasteiger partial charge in [0.05, 0.1) is 24.9 Å². The van der Waals surface area contributed by atoms with Crippen LogP contribution in [0.25, 0.3) is 0 Å². The molecule has 0 amide bonds. The molecule has 1 aromatic rings. The molecule has 1 aromatic carbocycles. The molecule has 1 aliphatic heterocycles. The molecule has 9 heteroatoms. The van der Waals surface area contributed by atoms with Crippen LogP contribution in [0.2, 0.25) is 0 Å². The Bertz CT molecular complexity index is 597. The smallest absolute Gasteiger partial charge is 0.376 e. The Labute approximate surface area is 134 Å². The van der Waals surface area contributed by atoms with Crippen molar-refractivity contribution in [2.45, 2.75) is 18.9 Å². The Balaban J connectivity index is 1.65. The minimum absolute atomic E-state index is 0.0633. The maximum atomic E-state index is 11.9. The van der Waals surface area contributed by atoms with Gasteiger partial charge in [0.15, 0.2) is 0 Å². The van der Waals surface area contributed by atoms with Crippen LogP contribution in [0.5, 0.6) is 0 Å². The summed E-state index contributed by atoms with van der Waals surface area (Å²) in [6.45, 7) is 0.890. The van der Waals surface area contributed by atoms with Crippen LogP contribution in [0.4, 0.5) is 0 Å². The van der Waals surface area contributed by atoms with Gasteiger partial charge in [-0.15, -0.1) is 5.06 Å². The van der Waals surface area contributed by atoms with Gasteiger partial charge >= 0.3 is 16.4 Å². The molecule has 1 fully saturated rings. The van der Waals surface area contributed by atoms with E-state index in [4.69, 9.17) is 14.1 Å². The third kappa shape index (κ3) is 6.63. The van der Waals surface area contributed by atoms with Crippen molar-refractivity contribution in [1.29, 1.82) is 0 Å². The van der Waals surface area contributed by atoms with Crippen LogP contribution in [0.15, 0.2) is 30.3 Å². The second-order valence-electron chi connectivity index (χ2n) is 4.99. The molecule has 0 unspecified atom stereocenters. The molecule has 8 nitrogen and oxygen atoms in total. The number of piperidine rings is 1. The van der Waals surface area contributed by atoms with E-state index in [9.17, 15) is 13.2 Å². The Morgan fingerprint density at radius 3 is 2.43 bits per heavy atom. The predicted molar refractivity (Wildman–Crippen MR) is 79.9 cm³/mol. The summed E-state index contributed by atoms with van der Waals surface area (Å²) in [7, 11) is -4.42. The van der Waals surface area contributed by atoms with E-state index in [1.807, 2.05) is 6.07 Å². The molecule has 1 aliphatic rings. The summed E-state index contributed by atoms with van der Waals surface area (Å²) < 4.78 is 38.8. The van der Waals surface area contributed by atoms with Crippen LogP contribution in [-0.2, 0) is 24.2 Å². The summed E-state index contributed by atoms with van der Waals surface area (Å²) in [5.41, 5.74) is 0.494. The summed E-state index contributed by atoms with van der Waals surface area (Å²) >= 11 is 0. The fraction of sp³-hybridized carbons (Fsp3) is 0.500. The van der Waals surface area contributed by atoms with Gasteiger partial charge in [-0.3, -0.25) is 4.55 Å². The van der Waals surface area contributed by atoms with Gasteiger partial charge < -0.3 is 9.57 Å². The lowest BCUT2D eigenvalue weighted by Gasteiger charge is -2.30. The molecule has 1 N–H and O–H groups in total. The number of carbonyl (C=O) groups is 1. The summed E-state index contributed by atoms with van der Waals surface area (Å²) in [6.07, 6.45) is 1.23. The zero-order chi connectivity index (χ0) is 16.7. The lowest BCUT2D eigenvalue weighted by atomic mass is 10.1. The van der Waals surface area contributed by atoms with Gasteiger partial charge in [-0.1, -0.05) is 18.2 Å². The van der Waals surface area contributed by atoms with Crippen LogP contribution in [0.3, 0.4) is 0 Å². The maximum absolute atomic E-state index is 11.9. The van der Waals surface area contributed by atoms with E-state index in [1.54, 1.807) is 29.3 Å². The van der Waals surface area contributed by atoms with Crippen LogP contribution >= 0.6 is 0 Å². The number of hydrogen-bond acceptors (Lipinski definition) is 7. The highest BCUT2D eigenvalue weighted by atomic mass is 32.3. The van der Waals surface area contributed by atoms with Crippen LogP contribution in [0, 0.1) is 0 Å². The summed E-state index contributed by atoms with van der Waals surface area (Å²) in [6, 6.07) is 8.74. The van der Waals surface area contributed by atoms with E-state index in [-0.39, 0.29) is 19.3 Å². The largest absolute Gasteiger partial charge is 0.397 e. The Kier molecular flexibility index (Phi) is 6.48.